The summed E-state index contributed by atoms with van der Waals surface area (Å²) in [4.78, 5) is 39.1. The third-order valence-electron chi connectivity index (χ3n) is 4.32. The van der Waals surface area contributed by atoms with Gasteiger partial charge in [-0.25, -0.2) is 4.79 Å². The van der Waals surface area contributed by atoms with Crippen LogP contribution in [-0.2, 0) is 14.3 Å². The number of likely N-dealkylation sites (tertiary alicyclic amines) is 2. The van der Waals surface area contributed by atoms with Gasteiger partial charge in [-0.3, -0.25) is 14.5 Å². The molecule has 0 aliphatic carbocycles. The van der Waals surface area contributed by atoms with Crippen LogP contribution in [-0.4, -0.2) is 64.2 Å². The van der Waals surface area contributed by atoms with E-state index in [9.17, 15) is 14.4 Å². The van der Waals surface area contributed by atoms with Crippen LogP contribution in [0.5, 0.6) is 0 Å². The molecule has 0 unspecified atom stereocenters. The second-order valence-electron chi connectivity index (χ2n) is 7.27. The molecule has 0 spiro atoms. The summed E-state index contributed by atoms with van der Waals surface area (Å²) in [6.45, 7) is 6.80. The molecule has 7 heteroatoms. The van der Waals surface area contributed by atoms with Gasteiger partial charge in [0.15, 0.2) is 0 Å². The topological polar surface area (TPSA) is 87.2 Å². The van der Waals surface area contributed by atoms with Crippen molar-refractivity contribution in [1.29, 1.82) is 0 Å². The Bertz CT molecular complexity index is 477. The number of carbonyl (C=O) groups is 3. The standard InChI is InChI=1S/C16H26N2O5/c1-16(2,3)23-15(22)18-8-4-5-12(18)13(19)17-9-6-11(7-10-17)14(20)21/h11-12H,4-10H2,1-3H3,(H,20,21)/t12-/m0/s1. The summed E-state index contributed by atoms with van der Waals surface area (Å²) in [5.74, 6) is -1.25. The van der Waals surface area contributed by atoms with Gasteiger partial charge >= 0.3 is 12.1 Å². The lowest BCUT2D eigenvalue weighted by atomic mass is 9.96. The summed E-state index contributed by atoms with van der Waals surface area (Å²) in [6.07, 6.45) is 1.91. The lowest BCUT2D eigenvalue weighted by Gasteiger charge is -2.34. The number of aliphatic carboxylic acids is 1. The van der Waals surface area contributed by atoms with E-state index in [2.05, 4.69) is 0 Å². The first-order valence-electron chi connectivity index (χ1n) is 8.20. The molecular weight excluding hydrogens is 300 g/mol. The molecule has 1 N–H and O–H groups in total. The monoisotopic (exact) mass is 326 g/mol. The number of amides is 2. The molecule has 0 aromatic rings. The van der Waals surface area contributed by atoms with E-state index >= 15 is 0 Å². The van der Waals surface area contributed by atoms with Crippen LogP contribution in [0.4, 0.5) is 4.79 Å². The number of hydrogen-bond donors (Lipinski definition) is 1. The minimum atomic E-state index is -0.798. The summed E-state index contributed by atoms with van der Waals surface area (Å²) >= 11 is 0. The Balaban J connectivity index is 1.96. The smallest absolute Gasteiger partial charge is 0.410 e. The van der Waals surface area contributed by atoms with Gasteiger partial charge in [-0.2, -0.15) is 0 Å². The SMILES string of the molecule is CC(C)(C)OC(=O)N1CCC[C@H]1C(=O)N1CCC(C(=O)O)CC1. The van der Waals surface area contributed by atoms with Gasteiger partial charge < -0.3 is 14.7 Å². The molecule has 0 radical (unpaired) electrons. The number of hydrogen-bond acceptors (Lipinski definition) is 4. The van der Waals surface area contributed by atoms with E-state index in [1.54, 1.807) is 25.7 Å². The first-order valence-corrected chi connectivity index (χ1v) is 8.20. The summed E-state index contributed by atoms with van der Waals surface area (Å²) < 4.78 is 5.38. The Morgan fingerprint density at radius 3 is 2.17 bits per heavy atom. The molecule has 0 aromatic carbocycles. The molecule has 1 atom stereocenters. The largest absolute Gasteiger partial charge is 0.481 e. The Morgan fingerprint density at radius 1 is 1.04 bits per heavy atom. The Labute approximate surface area is 136 Å². The number of carboxylic acids is 1. The minimum Gasteiger partial charge on any atom is -0.481 e. The number of ether oxygens (including phenoxy) is 1. The zero-order valence-corrected chi connectivity index (χ0v) is 14.1. The molecule has 2 amide bonds. The van der Waals surface area contributed by atoms with Crippen molar-refractivity contribution in [2.45, 2.75) is 58.1 Å². The van der Waals surface area contributed by atoms with E-state index in [0.29, 0.717) is 38.9 Å². The molecule has 2 saturated heterocycles. The molecule has 2 aliphatic heterocycles. The van der Waals surface area contributed by atoms with Crippen LogP contribution in [0.25, 0.3) is 0 Å². The van der Waals surface area contributed by atoms with Crippen LogP contribution >= 0.6 is 0 Å². The van der Waals surface area contributed by atoms with Crippen molar-refractivity contribution in [3.8, 4) is 0 Å². The van der Waals surface area contributed by atoms with Crippen molar-refractivity contribution in [1.82, 2.24) is 9.80 Å². The Hall–Kier alpha value is -1.79. The fourth-order valence-corrected chi connectivity index (χ4v) is 3.12. The van der Waals surface area contributed by atoms with Crippen LogP contribution in [0.15, 0.2) is 0 Å². The van der Waals surface area contributed by atoms with Crippen LogP contribution in [0.1, 0.15) is 46.5 Å². The van der Waals surface area contributed by atoms with Gasteiger partial charge in [0.1, 0.15) is 11.6 Å². The third kappa shape index (κ3) is 4.36. The van der Waals surface area contributed by atoms with Gasteiger partial charge in [-0.15, -0.1) is 0 Å². The molecule has 7 nitrogen and oxygen atoms in total. The first-order chi connectivity index (χ1) is 10.7. The number of nitrogens with zero attached hydrogens (tertiary/aromatic N) is 2. The predicted molar refractivity (Wildman–Crippen MR) is 82.9 cm³/mol. The zero-order chi connectivity index (χ0) is 17.2. The Morgan fingerprint density at radius 2 is 1.65 bits per heavy atom. The number of carbonyl (C=O) groups excluding carboxylic acids is 2. The van der Waals surface area contributed by atoms with Crippen molar-refractivity contribution in [3.63, 3.8) is 0 Å². The normalized spacial score (nSPS) is 23.0. The second kappa shape index (κ2) is 6.76. The first kappa shape index (κ1) is 17.6. The van der Waals surface area contributed by atoms with Gasteiger partial charge in [0.05, 0.1) is 5.92 Å². The molecular formula is C16H26N2O5. The molecule has 2 heterocycles. The molecule has 0 aromatic heterocycles. The molecule has 130 valence electrons. The highest BCUT2D eigenvalue weighted by Crippen LogP contribution is 2.25. The highest BCUT2D eigenvalue weighted by molar-refractivity contribution is 5.86. The predicted octanol–water partition coefficient (Wildman–Crippen LogP) is 1.71. The van der Waals surface area contributed by atoms with E-state index in [1.807, 2.05) is 0 Å². The second-order valence-corrected chi connectivity index (χ2v) is 7.27. The summed E-state index contributed by atoms with van der Waals surface area (Å²) in [7, 11) is 0. The van der Waals surface area contributed by atoms with Crippen LogP contribution in [0.3, 0.4) is 0 Å². The van der Waals surface area contributed by atoms with Crippen LogP contribution < -0.4 is 0 Å². The van der Waals surface area contributed by atoms with Gasteiger partial charge in [0, 0.05) is 19.6 Å². The lowest BCUT2D eigenvalue weighted by Crippen LogP contribution is -2.51. The zero-order valence-electron chi connectivity index (χ0n) is 14.1. The fraction of sp³-hybridized carbons (Fsp3) is 0.812. The number of carboxylic acid groups (broad SMARTS) is 1. The Kier molecular flexibility index (Phi) is 5.16. The maximum absolute atomic E-state index is 12.7. The number of piperidine rings is 1. The van der Waals surface area contributed by atoms with Gasteiger partial charge in [0.25, 0.3) is 0 Å². The van der Waals surface area contributed by atoms with Crippen molar-refractivity contribution < 1.29 is 24.2 Å². The maximum Gasteiger partial charge on any atom is 0.410 e. The van der Waals surface area contributed by atoms with E-state index < -0.39 is 23.7 Å². The van der Waals surface area contributed by atoms with Crippen molar-refractivity contribution >= 4 is 18.0 Å². The average molecular weight is 326 g/mol. The molecule has 0 bridgehead atoms. The van der Waals surface area contributed by atoms with Crippen LogP contribution in [0.2, 0.25) is 0 Å². The number of rotatable bonds is 2. The van der Waals surface area contributed by atoms with Gasteiger partial charge in [-0.1, -0.05) is 0 Å². The van der Waals surface area contributed by atoms with E-state index in [0.717, 1.165) is 6.42 Å². The highest BCUT2D eigenvalue weighted by Gasteiger charge is 2.39. The maximum atomic E-state index is 12.7. The van der Waals surface area contributed by atoms with Gasteiger partial charge in [-0.05, 0) is 46.5 Å². The van der Waals surface area contributed by atoms with Crippen molar-refractivity contribution in [2.75, 3.05) is 19.6 Å². The molecule has 23 heavy (non-hydrogen) atoms. The van der Waals surface area contributed by atoms with E-state index in [4.69, 9.17) is 9.84 Å². The quantitative estimate of drug-likeness (QED) is 0.834. The van der Waals surface area contributed by atoms with E-state index in [1.165, 1.54) is 4.90 Å². The molecule has 2 rings (SSSR count). The minimum absolute atomic E-state index is 0.0859. The van der Waals surface area contributed by atoms with Crippen molar-refractivity contribution in [2.24, 2.45) is 5.92 Å². The summed E-state index contributed by atoms with van der Waals surface area (Å²) in [6, 6.07) is -0.480. The van der Waals surface area contributed by atoms with Gasteiger partial charge in [0.2, 0.25) is 5.91 Å². The molecule has 2 fully saturated rings. The third-order valence-corrected chi connectivity index (χ3v) is 4.32. The summed E-state index contributed by atoms with van der Waals surface area (Å²) in [5.41, 5.74) is -0.590. The average Bonchev–Trinajstić information content (AvgIpc) is 2.94. The van der Waals surface area contributed by atoms with Crippen molar-refractivity contribution in [3.05, 3.63) is 0 Å². The fourth-order valence-electron chi connectivity index (χ4n) is 3.12. The van der Waals surface area contributed by atoms with Crippen LogP contribution in [0, 0.1) is 5.92 Å². The molecule has 2 aliphatic rings. The lowest BCUT2D eigenvalue weighted by molar-refractivity contribution is -0.146. The highest BCUT2D eigenvalue weighted by atomic mass is 16.6. The molecule has 0 saturated carbocycles. The summed E-state index contributed by atoms with van der Waals surface area (Å²) in [5, 5.41) is 9.02. The van der Waals surface area contributed by atoms with E-state index in [-0.39, 0.29) is 11.8 Å².